The molecule has 4 aromatic rings. The van der Waals surface area contributed by atoms with Gasteiger partial charge in [0.05, 0.1) is 23.4 Å². The van der Waals surface area contributed by atoms with Crippen LogP contribution in [0, 0.1) is 5.82 Å². The maximum atomic E-state index is 13.6. The lowest BCUT2D eigenvalue weighted by atomic mass is 10.1. The number of halogens is 2. The zero-order valence-electron chi connectivity index (χ0n) is 20.0. The van der Waals surface area contributed by atoms with E-state index >= 15 is 0 Å². The highest BCUT2D eigenvalue weighted by molar-refractivity contribution is 6.33. The smallest absolute Gasteiger partial charge is 0.256 e. The first-order valence-electron chi connectivity index (χ1n) is 11.8. The van der Waals surface area contributed by atoms with Crippen LogP contribution in [0.1, 0.15) is 23.2 Å². The molecule has 0 radical (unpaired) electrons. The first kappa shape index (κ1) is 24.5. The fraction of sp³-hybridized carbons (Fsp3) is 0.179. The predicted molar refractivity (Wildman–Crippen MR) is 140 cm³/mol. The molecule has 1 N–H and O–H groups in total. The SMILES string of the molecule is COc1ccc(-c2cn(-c3ccc(F)cc3)c(NC(=O)CN(C(=O)c3ccccc3Cl)C3CC3)n2)cc1. The number of amides is 2. The van der Waals surface area contributed by atoms with Crippen molar-refractivity contribution >= 4 is 29.4 Å². The molecule has 2 amide bonds. The van der Waals surface area contributed by atoms with E-state index in [1.807, 2.05) is 24.3 Å². The normalized spacial score (nSPS) is 12.7. The second-order valence-electron chi connectivity index (χ2n) is 8.72. The number of methoxy groups -OCH3 is 1. The Labute approximate surface area is 218 Å². The molecule has 3 aromatic carbocycles. The molecule has 0 atom stereocenters. The maximum Gasteiger partial charge on any atom is 0.256 e. The molecule has 1 fully saturated rings. The van der Waals surface area contributed by atoms with Crippen LogP contribution < -0.4 is 10.1 Å². The summed E-state index contributed by atoms with van der Waals surface area (Å²) in [5, 5.41) is 3.18. The highest BCUT2D eigenvalue weighted by Gasteiger charge is 2.35. The van der Waals surface area contributed by atoms with Crippen molar-refractivity contribution in [3.63, 3.8) is 0 Å². The van der Waals surface area contributed by atoms with E-state index in [0.29, 0.717) is 27.7 Å². The van der Waals surface area contributed by atoms with Gasteiger partial charge in [-0.1, -0.05) is 23.7 Å². The molecule has 0 spiro atoms. The van der Waals surface area contributed by atoms with Gasteiger partial charge < -0.3 is 9.64 Å². The average Bonchev–Trinajstić information content (AvgIpc) is 3.67. The molecular formula is C28H24ClFN4O3. The molecule has 0 saturated heterocycles. The fourth-order valence-electron chi connectivity index (χ4n) is 4.03. The van der Waals surface area contributed by atoms with Gasteiger partial charge in [-0.3, -0.25) is 19.5 Å². The fourth-order valence-corrected chi connectivity index (χ4v) is 4.25. The van der Waals surface area contributed by atoms with Gasteiger partial charge in [-0.15, -0.1) is 0 Å². The van der Waals surface area contributed by atoms with Gasteiger partial charge in [0, 0.05) is 23.5 Å². The second-order valence-corrected chi connectivity index (χ2v) is 9.12. The number of hydrogen-bond acceptors (Lipinski definition) is 4. The summed E-state index contributed by atoms with van der Waals surface area (Å²) in [5.41, 5.74) is 2.40. The quantitative estimate of drug-likeness (QED) is 0.330. The molecule has 37 heavy (non-hydrogen) atoms. The zero-order chi connectivity index (χ0) is 25.9. The van der Waals surface area contributed by atoms with Crippen molar-refractivity contribution in [2.45, 2.75) is 18.9 Å². The van der Waals surface area contributed by atoms with Crippen LogP contribution in [0.15, 0.2) is 79.0 Å². The number of ether oxygens (including phenoxy) is 1. The van der Waals surface area contributed by atoms with Crippen LogP contribution in [0.5, 0.6) is 5.75 Å². The van der Waals surface area contributed by atoms with E-state index in [1.165, 1.54) is 12.1 Å². The molecule has 188 valence electrons. The third-order valence-corrected chi connectivity index (χ3v) is 6.44. The van der Waals surface area contributed by atoms with Crippen LogP contribution in [0.2, 0.25) is 5.02 Å². The van der Waals surface area contributed by atoms with Gasteiger partial charge in [0.2, 0.25) is 11.9 Å². The Morgan fingerprint density at radius 2 is 1.78 bits per heavy atom. The maximum absolute atomic E-state index is 13.6. The number of benzene rings is 3. The van der Waals surface area contributed by atoms with Crippen molar-refractivity contribution in [3.05, 3.63) is 95.4 Å². The Kier molecular flexibility index (Phi) is 6.92. The van der Waals surface area contributed by atoms with Crippen molar-refractivity contribution < 1.29 is 18.7 Å². The Bertz CT molecular complexity index is 1430. The Morgan fingerprint density at radius 3 is 2.43 bits per heavy atom. The monoisotopic (exact) mass is 518 g/mol. The van der Waals surface area contributed by atoms with E-state index in [1.54, 1.807) is 59.2 Å². The molecule has 1 aromatic heterocycles. The number of carbonyl (C=O) groups excluding carboxylic acids is 2. The third-order valence-electron chi connectivity index (χ3n) is 6.11. The number of imidazole rings is 1. The third kappa shape index (κ3) is 5.49. The first-order chi connectivity index (χ1) is 17.9. The van der Waals surface area contributed by atoms with Gasteiger partial charge in [0.1, 0.15) is 18.1 Å². The second kappa shape index (κ2) is 10.4. The molecule has 1 heterocycles. The van der Waals surface area contributed by atoms with E-state index in [0.717, 1.165) is 18.4 Å². The van der Waals surface area contributed by atoms with E-state index < -0.39 is 5.91 Å². The Morgan fingerprint density at radius 1 is 1.08 bits per heavy atom. The van der Waals surface area contributed by atoms with E-state index in [4.69, 9.17) is 16.3 Å². The minimum Gasteiger partial charge on any atom is -0.497 e. The lowest BCUT2D eigenvalue weighted by Gasteiger charge is -2.22. The number of rotatable bonds is 8. The molecule has 0 unspecified atom stereocenters. The summed E-state index contributed by atoms with van der Waals surface area (Å²) in [5.74, 6) is -0.100. The number of hydrogen-bond donors (Lipinski definition) is 1. The van der Waals surface area contributed by atoms with Crippen LogP contribution in [0.4, 0.5) is 10.3 Å². The van der Waals surface area contributed by atoms with Crippen molar-refractivity contribution in [1.82, 2.24) is 14.5 Å². The summed E-state index contributed by atoms with van der Waals surface area (Å²) in [6, 6.07) is 20.0. The molecular weight excluding hydrogens is 495 g/mol. The number of nitrogens with one attached hydrogen (secondary N) is 1. The molecule has 7 nitrogen and oxygen atoms in total. The molecule has 0 aliphatic heterocycles. The summed E-state index contributed by atoms with van der Waals surface area (Å²) in [6.45, 7) is -0.150. The van der Waals surface area contributed by atoms with Crippen molar-refractivity contribution in [2.24, 2.45) is 0 Å². The van der Waals surface area contributed by atoms with Gasteiger partial charge >= 0.3 is 0 Å². The van der Waals surface area contributed by atoms with E-state index in [9.17, 15) is 14.0 Å². The van der Waals surface area contributed by atoms with E-state index in [-0.39, 0.29) is 30.3 Å². The van der Waals surface area contributed by atoms with Crippen molar-refractivity contribution in [2.75, 3.05) is 19.0 Å². The van der Waals surface area contributed by atoms with Gasteiger partial charge in [-0.05, 0) is 73.5 Å². The highest BCUT2D eigenvalue weighted by atomic mass is 35.5. The Hall–Kier alpha value is -4.17. The highest BCUT2D eigenvalue weighted by Crippen LogP contribution is 2.30. The summed E-state index contributed by atoms with van der Waals surface area (Å²) >= 11 is 6.24. The molecule has 9 heteroatoms. The average molecular weight is 519 g/mol. The minimum atomic E-state index is -0.400. The van der Waals surface area contributed by atoms with Crippen LogP contribution in [-0.4, -0.2) is 46.0 Å². The van der Waals surface area contributed by atoms with Gasteiger partial charge in [0.15, 0.2) is 0 Å². The standard InChI is InChI=1S/C28H24ClFN4O3/c1-37-22-14-6-18(7-15-22)25-16-34(21-10-8-19(30)9-11-21)28(31-25)32-26(35)17-33(20-12-13-20)27(36)23-4-2-3-5-24(23)29/h2-11,14-16,20H,12-13,17H2,1H3,(H,31,32,35). The summed E-state index contributed by atoms with van der Waals surface area (Å²) in [4.78, 5) is 32.5. The molecule has 1 aliphatic carbocycles. The number of anilines is 1. The lowest BCUT2D eigenvalue weighted by molar-refractivity contribution is -0.117. The van der Waals surface area contributed by atoms with E-state index in [2.05, 4.69) is 10.3 Å². The molecule has 5 rings (SSSR count). The number of carbonyl (C=O) groups is 2. The van der Waals surface area contributed by atoms with Gasteiger partial charge in [-0.2, -0.15) is 0 Å². The number of aromatic nitrogens is 2. The molecule has 1 saturated carbocycles. The molecule has 1 aliphatic rings. The Balaban J connectivity index is 1.42. The predicted octanol–water partition coefficient (Wildman–Crippen LogP) is 5.58. The summed E-state index contributed by atoms with van der Waals surface area (Å²) in [7, 11) is 1.59. The minimum absolute atomic E-state index is 0.0128. The van der Waals surface area contributed by atoms with Gasteiger partial charge in [0.25, 0.3) is 5.91 Å². The molecule has 0 bridgehead atoms. The lowest BCUT2D eigenvalue weighted by Crippen LogP contribution is -2.40. The van der Waals surface area contributed by atoms with Crippen molar-refractivity contribution in [1.29, 1.82) is 0 Å². The van der Waals surface area contributed by atoms with Crippen LogP contribution in [0.25, 0.3) is 16.9 Å². The van der Waals surface area contributed by atoms with Gasteiger partial charge in [-0.25, -0.2) is 9.37 Å². The van der Waals surface area contributed by atoms with Crippen LogP contribution >= 0.6 is 11.6 Å². The summed E-state index contributed by atoms with van der Waals surface area (Å²) in [6.07, 6.45) is 3.42. The van der Waals surface area contributed by atoms with Crippen LogP contribution in [0.3, 0.4) is 0 Å². The largest absolute Gasteiger partial charge is 0.497 e. The zero-order valence-corrected chi connectivity index (χ0v) is 20.8. The summed E-state index contributed by atoms with van der Waals surface area (Å²) < 4.78 is 20.5. The van der Waals surface area contributed by atoms with Crippen LogP contribution in [-0.2, 0) is 4.79 Å². The van der Waals surface area contributed by atoms with Crippen molar-refractivity contribution in [3.8, 4) is 22.7 Å². The topological polar surface area (TPSA) is 76.5 Å². The first-order valence-corrected chi connectivity index (χ1v) is 12.2. The number of nitrogens with zero attached hydrogens (tertiary/aromatic N) is 3.